The van der Waals surface area contributed by atoms with Crippen LogP contribution in [0.1, 0.15) is 11.5 Å². The first-order valence-electron chi connectivity index (χ1n) is 6.47. The van der Waals surface area contributed by atoms with Crippen molar-refractivity contribution in [2.45, 2.75) is 13.3 Å². The van der Waals surface area contributed by atoms with E-state index in [2.05, 4.69) is 46.4 Å². The second-order valence-electron chi connectivity index (χ2n) is 4.71. The van der Waals surface area contributed by atoms with Gasteiger partial charge in [-0.05, 0) is 29.8 Å². The smallest absolute Gasteiger partial charge is 0.143 e. The van der Waals surface area contributed by atoms with Crippen LogP contribution >= 0.6 is 0 Å². The van der Waals surface area contributed by atoms with Crippen molar-refractivity contribution in [1.29, 1.82) is 5.26 Å². The van der Waals surface area contributed by atoms with Crippen LogP contribution in [0, 0.1) is 18.3 Å². The maximum absolute atomic E-state index is 8.78. The summed E-state index contributed by atoms with van der Waals surface area (Å²) in [5.74, 6) is 0.579. The van der Waals surface area contributed by atoms with Crippen LogP contribution in [0.15, 0.2) is 48.5 Å². The first-order valence-corrected chi connectivity index (χ1v) is 6.47. The van der Waals surface area contributed by atoms with Crippen molar-refractivity contribution in [2.24, 2.45) is 0 Å². The Labute approximate surface area is 117 Å². The number of benzene rings is 2. The predicted octanol–water partition coefficient (Wildman–Crippen LogP) is 3.67. The Hall–Kier alpha value is -2.73. The number of aromatic nitrogens is 2. The van der Waals surface area contributed by atoms with Gasteiger partial charge in [0, 0.05) is 11.3 Å². The first kappa shape index (κ1) is 12.3. The summed E-state index contributed by atoms with van der Waals surface area (Å²) in [7, 11) is 0. The molecule has 3 rings (SSSR count). The molecule has 0 spiro atoms. The zero-order valence-corrected chi connectivity index (χ0v) is 11.2. The number of hydrogen-bond donors (Lipinski definition) is 0. The van der Waals surface area contributed by atoms with Crippen molar-refractivity contribution >= 4 is 10.8 Å². The van der Waals surface area contributed by atoms with E-state index in [1.54, 1.807) is 0 Å². The summed E-state index contributed by atoms with van der Waals surface area (Å²) in [5, 5.41) is 11.2. The maximum Gasteiger partial charge on any atom is 0.143 e. The minimum absolute atomic E-state index is 0.238. The molecule has 0 fully saturated rings. The molecule has 0 N–H and O–H groups in total. The highest BCUT2D eigenvalue weighted by Crippen LogP contribution is 2.23. The van der Waals surface area contributed by atoms with Gasteiger partial charge in [0.25, 0.3) is 0 Å². The predicted molar refractivity (Wildman–Crippen MR) is 79.0 cm³/mol. The number of hydrogen-bond acceptors (Lipinski definition) is 3. The molecule has 0 radical (unpaired) electrons. The highest BCUT2D eigenvalue weighted by Gasteiger charge is 2.05. The number of rotatable bonds is 2. The van der Waals surface area contributed by atoms with Gasteiger partial charge in [-0.25, -0.2) is 9.97 Å². The Balaban J connectivity index is 2.12. The van der Waals surface area contributed by atoms with Gasteiger partial charge in [-0.2, -0.15) is 5.26 Å². The average Bonchev–Trinajstić information content (AvgIpc) is 2.46. The molecule has 0 aliphatic rings. The second kappa shape index (κ2) is 5.10. The van der Waals surface area contributed by atoms with Gasteiger partial charge in [0.1, 0.15) is 5.82 Å². The van der Waals surface area contributed by atoms with Gasteiger partial charge in [0.05, 0.1) is 18.2 Å². The van der Waals surface area contributed by atoms with Crippen LogP contribution in [0.25, 0.3) is 22.0 Å². The highest BCUT2D eigenvalue weighted by molar-refractivity contribution is 5.86. The van der Waals surface area contributed by atoms with E-state index < -0.39 is 0 Å². The number of nitrogens with zero attached hydrogens (tertiary/aromatic N) is 3. The number of aryl methyl sites for hydroxylation is 1. The molecule has 0 amide bonds. The van der Waals surface area contributed by atoms with Gasteiger partial charge in [-0.3, -0.25) is 0 Å². The zero-order chi connectivity index (χ0) is 13.9. The fourth-order valence-corrected chi connectivity index (χ4v) is 2.28. The SMILES string of the molecule is Cc1cc(-c2ccc3ccccc3c2)nc(CC#N)n1. The van der Waals surface area contributed by atoms with Crippen molar-refractivity contribution < 1.29 is 0 Å². The summed E-state index contributed by atoms with van der Waals surface area (Å²) in [6.07, 6.45) is 0.238. The molecular weight excluding hydrogens is 246 g/mol. The van der Waals surface area contributed by atoms with Crippen LogP contribution < -0.4 is 0 Å². The summed E-state index contributed by atoms with van der Waals surface area (Å²) in [5.41, 5.74) is 2.80. The maximum atomic E-state index is 8.78. The number of nitriles is 1. The number of fused-ring (bicyclic) bond motifs is 1. The Morgan fingerprint density at radius 2 is 1.80 bits per heavy atom. The molecule has 96 valence electrons. The Kier molecular flexibility index (Phi) is 3.14. The molecule has 0 aliphatic carbocycles. The summed E-state index contributed by atoms with van der Waals surface area (Å²) < 4.78 is 0. The summed E-state index contributed by atoms with van der Waals surface area (Å²) in [4.78, 5) is 8.74. The van der Waals surface area contributed by atoms with E-state index >= 15 is 0 Å². The van der Waals surface area contributed by atoms with Gasteiger partial charge < -0.3 is 0 Å². The largest absolute Gasteiger partial charge is 0.237 e. The topological polar surface area (TPSA) is 49.6 Å². The lowest BCUT2D eigenvalue weighted by atomic mass is 10.0. The zero-order valence-electron chi connectivity index (χ0n) is 11.2. The van der Waals surface area contributed by atoms with E-state index in [-0.39, 0.29) is 6.42 Å². The van der Waals surface area contributed by atoms with Gasteiger partial charge in [-0.15, -0.1) is 0 Å². The van der Waals surface area contributed by atoms with Crippen molar-refractivity contribution in [3.05, 3.63) is 60.0 Å². The third-order valence-corrected chi connectivity index (χ3v) is 3.18. The van der Waals surface area contributed by atoms with Crippen LogP contribution in [-0.4, -0.2) is 9.97 Å². The standard InChI is InChI=1S/C17H13N3/c1-12-10-16(20-17(19-12)8-9-18)15-7-6-13-4-2-3-5-14(13)11-15/h2-7,10-11H,8H2,1H3. The van der Waals surface area contributed by atoms with E-state index in [4.69, 9.17) is 5.26 Å². The molecule has 3 nitrogen and oxygen atoms in total. The van der Waals surface area contributed by atoms with Crippen LogP contribution in [0.5, 0.6) is 0 Å². The molecule has 0 aliphatic heterocycles. The normalized spacial score (nSPS) is 10.4. The lowest BCUT2D eigenvalue weighted by Gasteiger charge is -2.06. The minimum atomic E-state index is 0.238. The molecule has 1 heterocycles. The summed E-state index contributed by atoms with van der Waals surface area (Å²) in [6.45, 7) is 1.92. The monoisotopic (exact) mass is 259 g/mol. The van der Waals surface area contributed by atoms with Crippen LogP contribution in [-0.2, 0) is 6.42 Å². The second-order valence-corrected chi connectivity index (χ2v) is 4.71. The van der Waals surface area contributed by atoms with Crippen LogP contribution in [0.3, 0.4) is 0 Å². The van der Waals surface area contributed by atoms with E-state index in [9.17, 15) is 0 Å². The average molecular weight is 259 g/mol. The quantitative estimate of drug-likeness (QED) is 0.705. The minimum Gasteiger partial charge on any atom is -0.237 e. The molecule has 20 heavy (non-hydrogen) atoms. The van der Waals surface area contributed by atoms with Crippen molar-refractivity contribution in [3.63, 3.8) is 0 Å². The molecule has 3 aromatic rings. The third kappa shape index (κ3) is 2.36. The van der Waals surface area contributed by atoms with Crippen LogP contribution in [0.2, 0.25) is 0 Å². The van der Waals surface area contributed by atoms with Crippen LogP contribution in [0.4, 0.5) is 0 Å². The van der Waals surface area contributed by atoms with E-state index in [1.807, 2.05) is 25.1 Å². The molecule has 0 bridgehead atoms. The third-order valence-electron chi connectivity index (χ3n) is 3.18. The van der Waals surface area contributed by atoms with Gasteiger partial charge in [0.15, 0.2) is 0 Å². The molecule has 0 atom stereocenters. The lowest BCUT2D eigenvalue weighted by molar-refractivity contribution is 0.969. The van der Waals surface area contributed by atoms with Crippen molar-refractivity contribution in [2.75, 3.05) is 0 Å². The fraction of sp³-hybridized carbons (Fsp3) is 0.118. The Bertz CT molecular complexity index is 816. The first-order chi connectivity index (χ1) is 9.76. The summed E-state index contributed by atoms with van der Waals surface area (Å²) >= 11 is 0. The molecular formula is C17H13N3. The van der Waals surface area contributed by atoms with Crippen molar-refractivity contribution in [1.82, 2.24) is 9.97 Å². The van der Waals surface area contributed by atoms with Gasteiger partial charge in [0.2, 0.25) is 0 Å². The summed E-state index contributed by atoms with van der Waals surface area (Å²) in [6, 6.07) is 18.5. The molecule has 0 saturated heterocycles. The fourth-order valence-electron chi connectivity index (χ4n) is 2.28. The molecule has 1 aromatic heterocycles. The van der Waals surface area contributed by atoms with E-state index in [0.717, 1.165) is 17.0 Å². The Morgan fingerprint density at radius 1 is 1.00 bits per heavy atom. The van der Waals surface area contributed by atoms with E-state index in [1.165, 1.54) is 10.8 Å². The molecule has 0 unspecified atom stereocenters. The Morgan fingerprint density at radius 3 is 2.60 bits per heavy atom. The molecule has 2 aromatic carbocycles. The van der Waals surface area contributed by atoms with Gasteiger partial charge in [-0.1, -0.05) is 36.4 Å². The van der Waals surface area contributed by atoms with E-state index in [0.29, 0.717) is 5.82 Å². The molecule has 3 heteroatoms. The molecule has 0 saturated carbocycles. The highest BCUT2D eigenvalue weighted by atomic mass is 14.9. The lowest BCUT2D eigenvalue weighted by Crippen LogP contribution is -1.98. The van der Waals surface area contributed by atoms with Gasteiger partial charge >= 0.3 is 0 Å². The van der Waals surface area contributed by atoms with Crippen molar-refractivity contribution in [3.8, 4) is 17.3 Å².